The molecular weight excluding hydrogens is 380 g/mol. The number of nitrogens with zero attached hydrogens (tertiary/aromatic N) is 1. The molecule has 0 fully saturated rings. The molecule has 3 nitrogen and oxygen atoms in total. The molecule has 1 aliphatic rings. The Balaban J connectivity index is 0.000000592. The minimum absolute atomic E-state index is 0.109. The summed E-state index contributed by atoms with van der Waals surface area (Å²) in [5, 5.41) is 3.67. The molecule has 0 amide bonds. The summed E-state index contributed by atoms with van der Waals surface area (Å²) in [6.45, 7) is 21.5. The van der Waals surface area contributed by atoms with E-state index in [0.717, 1.165) is 32.2 Å². The van der Waals surface area contributed by atoms with Crippen molar-refractivity contribution in [3.05, 3.63) is 65.9 Å². The second kappa shape index (κ2) is 13.3. The number of ketones is 1. The average Bonchev–Trinajstić information content (AvgIpc) is 2.77. The predicted molar refractivity (Wildman–Crippen MR) is 137 cm³/mol. The zero-order valence-electron chi connectivity index (χ0n) is 20.9. The number of hydrogen-bond donors (Lipinski definition) is 1. The van der Waals surface area contributed by atoms with Crippen molar-refractivity contribution in [3.63, 3.8) is 0 Å². The number of allylic oxidation sites excluding steroid dienone is 1. The third-order valence-electron chi connectivity index (χ3n) is 5.87. The van der Waals surface area contributed by atoms with Crippen LogP contribution in [0.3, 0.4) is 0 Å². The molecule has 2 rings (SSSR count). The number of nitrogens with one attached hydrogen (secondary N) is 1. The number of carbonyl (C=O) groups is 1. The molecule has 0 saturated carbocycles. The summed E-state index contributed by atoms with van der Waals surface area (Å²) in [7, 11) is 2.21. The quantitative estimate of drug-likeness (QED) is 0.432. The zero-order valence-corrected chi connectivity index (χ0v) is 20.9. The molecule has 0 radical (unpaired) electrons. The average molecular weight is 425 g/mol. The van der Waals surface area contributed by atoms with E-state index in [-0.39, 0.29) is 11.7 Å². The van der Waals surface area contributed by atoms with Crippen molar-refractivity contribution in [3.8, 4) is 0 Å². The Morgan fingerprint density at radius 1 is 1.19 bits per heavy atom. The Labute approximate surface area is 191 Å². The van der Waals surface area contributed by atoms with E-state index in [2.05, 4.69) is 82.4 Å². The third-order valence-corrected chi connectivity index (χ3v) is 5.87. The number of hydrogen-bond acceptors (Lipinski definition) is 3. The maximum absolute atomic E-state index is 10.4. The second-order valence-corrected chi connectivity index (χ2v) is 8.95. The van der Waals surface area contributed by atoms with Gasteiger partial charge >= 0.3 is 0 Å². The molecule has 1 N–H and O–H groups in total. The van der Waals surface area contributed by atoms with Gasteiger partial charge in [-0.15, -0.1) is 0 Å². The summed E-state index contributed by atoms with van der Waals surface area (Å²) < 4.78 is 0. The van der Waals surface area contributed by atoms with Crippen molar-refractivity contribution < 1.29 is 4.79 Å². The molecule has 1 atom stereocenters. The second-order valence-electron chi connectivity index (χ2n) is 8.95. The summed E-state index contributed by atoms with van der Waals surface area (Å²) in [6, 6.07) is 9.47. The lowest BCUT2D eigenvalue weighted by molar-refractivity contribution is -0.117. The molecule has 0 aromatic heterocycles. The first kappa shape index (κ1) is 26.9. The van der Waals surface area contributed by atoms with Crippen molar-refractivity contribution >= 4 is 11.5 Å². The molecule has 1 heterocycles. The van der Waals surface area contributed by atoms with Gasteiger partial charge in [-0.25, -0.2) is 0 Å². The Morgan fingerprint density at radius 2 is 1.81 bits per heavy atom. The van der Waals surface area contributed by atoms with Crippen molar-refractivity contribution in [2.24, 2.45) is 5.92 Å². The number of rotatable bonds is 9. The summed E-state index contributed by atoms with van der Waals surface area (Å²) >= 11 is 0. The smallest absolute Gasteiger partial charge is 0.157 e. The Morgan fingerprint density at radius 3 is 2.23 bits per heavy atom. The largest absolute Gasteiger partial charge is 0.348 e. The lowest BCUT2D eigenvalue weighted by Crippen LogP contribution is -2.40. The van der Waals surface area contributed by atoms with Gasteiger partial charge in [0.25, 0.3) is 0 Å². The molecule has 1 aromatic carbocycles. The van der Waals surface area contributed by atoms with Gasteiger partial charge in [0.05, 0.1) is 0 Å². The summed E-state index contributed by atoms with van der Waals surface area (Å²) in [5.74, 6) is 0.796. The SMILES string of the molecule is C=C(CCC)C1=C(N(C)c2ccc(C(C)C)cc2)CCNC1CC.C=CC(=O)C(C)C. The van der Waals surface area contributed by atoms with Crippen molar-refractivity contribution in [1.29, 1.82) is 0 Å². The van der Waals surface area contributed by atoms with Crippen LogP contribution in [0.15, 0.2) is 60.3 Å². The van der Waals surface area contributed by atoms with Crippen LogP contribution in [-0.4, -0.2) is 25.4 Å². The highest BCUT2D eigenvalue weighted by molar-refractivity contribution is 5.90. The summed E-state index contributed by atoms with van der Waals surface area (Å²) in [4.78, 5) is 12.8. The molecule has 1 unspecified atom stereocenters. The van der Waals surface area contributed by atoms with Crippen LogP contribution >= 0.6 is 0 Å². The van der Waals surface area contributed by atoms with Gasteiger partial charge < -0.3 is 10.2 Å². The molecule has 0 saturated heterocycles. The molecule has 0 aliphatic carbocycles. The highest BCUT2D eigenvalue weighted by atomic mass is 16.1. The maximum Gasteiger partial charge on any atom is 0.157 e. The Kier molecular flexibility index (Phi) is 11.6. The Hall–Kier alpha value is -2.13. The van der Waals surface area contributed by atoms with E-state index in [9.17, 15) is 4.79 Å². The first-order valence-corrected chi connectivity index (χ1v) is 11.8. The maximum atomic E-state index is 10.4. The molecule has 3 heteroatoms. The minimum Gasteiger partial charge on any atom is -0.348 e. The van der Waals surface area contributed by atoms with Gasteiger partial charge in [0.15, 0.2) is 5.78 Å². The topological polar surface area (TPSA) is 32.3 Å². The normalized spacial score (nSPS) is 16.1. The van der Waals surface area contributed by atoms with Gasteiger partial charge in [0, 0.05) is 43.4 Å². The molecule has 0 spiro atoms. The van der Waals surface area contributed by atoms with Crippen LogP contribution in [-0.2, 0) is 4.79 Å². The molecular formula is C28H44N2O. The van der Waals surface area contributed by atoms with E-state index in [1.807, 2.05) is 13.8 Å². The van der Waals surface area contributed by atoms with E-state index in [1.165, 1.54) is 34.2 Å². The Bertz CT molecular complexity index is 756. The van der Waals surface area contributed by atoms with E-state index >= 15 is 0 Å². The highest BCUT2D eigenvalue weighted by Gasteiger charge is 2.25. The van der Waals surface area contributed by atoms with Crippen LogP contribution in [0, 0.1) is 5.92 Å². The van der Waals surface area contributed by atoms with Gasteiger partial charge in [-0.1, -0.05) is 73.3 Å². The van der Waals surface area contributed by atoms with Crippen LogP contribution in [0.2, 0.25) is 0 Å². The van der Waals surface area contributed by atoms with Gasteiger partial charge in [0.2, 0.25) is 0 Å². The van der Waals surface area contributed by atoms with Crippen molar-refractivity contribution in [2.75, 3.05) is 18.5 Å². The fraction of sp³-hybridized carbons (Fsp3) is 0.536. The molecule has 0 bridgehead atoms. The van der Waals surface area contributed by atoms with E-state index in [0.29, 0.717) is 12.0 Å². The van der Waals surface area contributed by atoms with E-state index in [1.54, 1.807) is 0 Å². The van der Waals surface area contributed by atoms with Gasteiger partial charge in [-0.3, -0.25) is 4.79 Å². The zero-order chi connectivity index (χ0) is 23.6. The van der Waals surface area contributed by atoms with Crippen LogP contribution in [0.5, 0.6) is 0 Å². The van der Waals surface area contributed by atoms with Crippen LogP contribution in [0.1, 0.15) is 78.7 Å². The number of anilines is 1. The van der Waals surface area contributed by atoms with E-state index in [4.69, 9.17) is 0 Å². The predicted octanol–water partition coefficient (Wildman–Crippen LogP) is 7.03. The first-order valence-electron chi connectivity index (χ1n) is 11.8. The first-order chi connectivity index (χ1) is 14.7. The summed E-state index contributed by atoms with van der Waals surface area (Å²) in [6.07, 6.45) is 5.76. The van der Waals surface area contributed by atoms with E-state index < -0.39 is 0 Å². The molecule has 31 heavy (non-hydrogen) atoms. The lowest BCUT2D eigenvalue weighted by atomic mass is 9.88. The van der Waals surface area contributed by atoms with Gasteiger partial charge in [-0.05, 0) is 53.7 Å². The fourth-order valence-corrected chi connectivity index (χ4v) is 3.86. The highest BCUT2D eigenvalue weighted by Crippen LogP contribution is 2.32. The minimum atomic E-state index is 0.109. The lowest BCUT2D eigenvalue weighted by Gasteiger charge is -2.35. The van der Waals surface area contributed by atoms with Gasteiger partial charge in [-0.2, -0.15) is 0 Å². The third kappa shape index (κ3) is 7.81. The number of benzene rings is 1. The standard InChI is InChI=1S/C22H34N2.C6H10O/c1-7-9-17(5)22-20(8-2)23-15-14-21(22)24(6)19-12-10-18(11-13-19)16(3)4;1-4-6(7)5(2)3/h10-13,16,20,23H,5,7-9,14-15H2,1-4,6H3;4-5H,1H2,2-3H3. The van der Waals surface area contributed by atoms with Crippen molar-refractivity contribution in [1.82, 2.24) is 5.32 Å². The molecule has 172 valence electrons. The van der Waals surface area contributed by atoms with Crippen LogP contribution in [0.4, 0.5) is 5.69 Å². The fourth-order valence-electron chi connectivity index (χ4n) is 3.86. The monoisotopic (exact) mass is 424 g/mol. The molecule has 1 aliphatic heterocycles. The summed E-state index contributed by atoms with van der Waals surface area (Å²) in [5.41, 5.74) is 6.86. The molecule has 1 aromatic rings. The van der Waals surface area contributed by atoms with Crippen LogP contribution < -0.4 is 10.2 Å². The van der Waals surface area contributed by atoms with Crippen molar-refractivity contribution in [2.45, 2.75) is 79.2 Å². The number of carbonyl (C=O) groups excluding carboxylic acids is 1. The van der Waals surface area contributed by atoms with Gasteiger partial charge in [0.1, 0.15) is 0 Å². The van der Waals surface area contributed by atoms with Crippen LogP contribution in [0.25, 0.3) is 0 Å².